The molecule has 4 rings (SSSR count). The Bertz CT molecular complexity index is 971. The van der Waals surface area contributed by atoms with Gasteiger partial charge in [0, 0.05) is 37.5 Å². The van der Waals surface area contributed by atoms with Crippen LogP contribution in [-0.2, 0) is 0 Å². The molecule has 1 atom stereocenters. The number of amides is 1. The number of rotatable bonds is 5. The predicted molar refractivity (Wildman–Crippen MR) is 107 cm³/mol. The van der Waals surface area contributed by atoms with E-state index in [9.17, 15) is 4.79 Å². The Morgan fingerprint density at radius 1 is 1.14 bits per heavy atom. The lowest BCUT2D eigenvalue weighted by molar-refractivity contribution is 0.0635. The van der Waals surface area contributed by atoms with Gasteiger partial charge in [-0.2, -0.15) is 0 Å². The summed E-state index contributed by atoms with van der Waals surface area (Å²) in [6, 6.07) is 13.2. The normalized spacial score (nSPS) is 16.8. The van der Waals surface area contributed by atoms with Crippen molar-refractivity contribution >= 4 is 16.9 Å². The summed E-state index contributed by atoms with van der Waals surface area (Å²) in [6.07, 6.45) is 5.28. The minimum atomic E-state index is 0.0113. The van der Waals surface area contributed by atoms with Crippen molar-refractivity contribution in [2.45, 2.75) is 12.8 Å². The van der Waals surface area contributed by atoms with Gasteiger partial charge in [0.05, 0.1) is 24.8 Å². The molecule has 0 bridgehead atoms. The molecular formula is C22H23N3O3. The average Bonchev–Trinajstić information content (AvgIpc) is 2.77. The van der Waals surface area contributed by atoms with E-state index in [4.69, 9.17) is 9.47 Å². The van der Waals surface area contributed by atoms with E-state index in [1.165, 1.54) is 0 Å². The third-order valence-electron chi connectivity index (χ3n) is 5.06. The molecule has 2 heterocycles. The van der Waals surface area contributed by atoms with E-state index in [1.54, 1.807) is 19.5 Å². The van der Waals surface area contributed by atoms with Gasteiger partial charge in [-0.1, -0.05) is 12.1 Å². The molecule has 1 amide bonds. The third kappa shape index (κ3) is 3.91. The maximum atomic E-state index is 13.1. The number of carbonyl (C=O) groups excluding carboxylic acids is 1. The van der Waals surface area contributed by atoms with Crippen LogP contribution in [0, 0.1) is 5.92 Å². The molecule has 0 saturated carbocycles. The summed E-state index contributed by atoms with van der Waals surface area (Å²) < 4.78 is 11.2. The van der Waals surface area contributed by atoms with Crippen LogP contribution in [-0.4, -0.2) is 47.6 Å². The Morgan fingerprint density at radius 3 is 2.86 bits per heavy atom. The quantitative estimate of drug-likeness (QED) is 0.680. The van der Waals surface area contributed by atoms with Crippen molar-refractivity contribution in [2.75, 3.05) is 26.8 Å². The second-order valence-corrected chi connectivity index (χ2v) is 6.98. The zero-order chi connectivity index (χ0) is 19.3. The van der Waals surface area contributed by atoms with E-state index in [2.05, 4.69) is 9.97 Å². The minimum absolute atomic E-state index is 0.0113. The van der Waals surface area contributed by atoms with E-state index in [1.807, 2.05) is 47.4 Å². The largest absolute Gasteiger partial charge is 0.497 e. The van der Waals surface area contributed by atoms with Gasteiger partial charge in [-0.05, 0) is 37.1 Å². The number of hydrogen-bond acceptors (Lipinski definition) is 5. The van der Waals surface area contributed by atoms with Crippen LogP contribution in [0.3, 0.4) is 0 Å². The molecule has 1 aliphatic heterocycles. The van der Waals surface area contributed by atoms with Crippen LogP contribution in [0.15, 0.2) is 54.9 Å². The molecule has 1 aromatic heterocycles. The second-order valence-electron chi connectivity index (χ2n) is 6.98. The van der Waals surface area contributed by atoms with Gasteiger partial charge in [0.2, 0.25) is 0 Å². The minimum Gasteiger partial charge on any atom is -0.497 e. The Morgan fingerprint density at radius 2 is 1.96 bits per heavy atom. The molecule has 0 N–H and O–H groups in total. The predicted octanol–water partition coefficient (Wildman–Crippen LogP) is 3.57. The van der Waals surface area contributed by atoms with Crippen molar-refractivity contribution in [1.29, 1.82) is 0 Å². The Hall–Kier alpha value is -3.15. The van der Waals surface area contributed by atoms with E-state index in [0.29, 0.717) is 30.1 Å². The van der Waals surface area contributed by atoms with Crippen molar-refractivity contribution in [3.05, 3.63) is 60.4 Å². The summed E-state index contributed by atoms with van der Waals surface area (Å²) >= 11 is 0. The summed E-state index contributed by atoms with van der Waals surface area (Å²) in [4.78, 5) is 23.7. The third-order valence-corrected chi connectivity index (χ3v) is 5.06. The van der Waals surface area contributed by atoms with E-state index < -0.39 is 0 Å². The number of carbonyl (C=O) groups is 1. The fourth-order valence-electron chi connectivity index (χ4n) is 3.63. The van der Waals surface area contributed by atoms with E-state index in [-0.39, 0.29) is 5.91 Å². The van der Waals surface area contributed by atoms with Gasteiger partial charge in [0.25, 0.3) is 5.91 Å². The molecule has 144 valence electrons. The number of piperidine rings is 1. The lowest BCUT2D eigenvalue weighted by atomic mass is 9.98. The molecule has 1 saturated heterocycles. The van der Waals surface area contributed by atoms with Gasteiger partial charge in [0.1, 0.15) is 17.0 Å². The van der Waals surface area contributed by atoms with Gasteiger partial charge < -0.3 is 14.4 Å². The summed E-state index contributed by atoms with van der Waals surface area (Å²) in [5, 5.41) is 0. The standard InChI is InChI=1S/C22H23N3O3/c1-27-17-6-2-7-18(13-17)28-15-16-5-4-12-25(14-16)22(26)19-8-3-9-20-21(19)24-11-10-23-20/h2-3,6-11,13,16H,4-5,12,14-15H2,1H3/t16-/m1/s1. The highest BCUT2D eigenvalue weighted by molar-refractivity contribution is 6.04. The SMILES string of the molecule is COc1cccc(OC[C@@H]2CCCN(C(=O)c3cccc4nccnc34)C2)c1. The van der Waals surface area contributed by atoms with Crippen molar-refractivity contribution in [3.8, 4) is 11.5 Å². The van der Waals surface area contributed by atoms with Gasteiger partial charge in [0.15, 0.2) is 0 Å². The van der Waals surface area contributed by atoms with Crippen molar-refractivity contribution in [1.82, 2.24) is 14.9 Å². The molecule has 1 fully saturated rings. The molecule has 0 aliphatic carbocycles. The monoisotopic (exact) mass is 377 g/mol. The fourth-order valence-corrected chi connectivity index (χ4v) is 3.63. The van der Waals surface area contributed by atoms with Crippen LogP contribution >= 0.6 is 0 Å². The molecule has 3 aromatic rings. The number of nitrogens with zero attached hydrogens (tertiary/aromatic N) is 3. The van der Waals surface area contributed by atoms with Crippen LogP contribution in [0.5, 0.6) is 11.5 Å². The average molecular weight is 377 g/mol. The van der Waals surface area contributed by atoms with Crippen LogP contribution in [0.1, 0.15) is 23.2 Å². The maximum Gasteiger partial charge on any atom is 0.256 e. The maximum absolute atomic E-state index is 13.1. The molecule has 0 spiro atoms. The van der Waals surface area contributed by atoms with E-state index in [0.717, 1.165) is 36.4 Å². The van der Waals surface area contributed by atoms with Gasteiger partial charge in [-0.3, -0.25) is 14.8 Å². The number of likely N-dealkylation sites (tertiary alicyclic amines) is 1. The smallest absolute Gasteiger partial charge is 0.256 e. The van der Waals surface area contributed by atoms with Crippen LogP contribution in [0.25, 0.3) is 11.0 Å². The molecule has 0 radical (unpaired) electrons. The van der Waals surface area contributed by atoms with Gasteiger partial charge in [-0.15, -0.1) is 0 Å². The summed E-state index contributed by atoms with van der Waals surface area (Å²) in [6.45, 7) is 2.01. The zero-order valence-corrected chi connectivity index (χ0v) is 15.9. The molecule has 6 nitrogen and oxygen atoms in total. The van der Waals surface area contributed by atoms with Gasteiger partial charge >= 0.3 is 0 Å². The highest BCUT2D eigenvalue weighted by Gasteiger charge is 2.26. The van der Waals surface area contributed by atoms with Crippen molar-refractivity contribution in [3.63, 3.8) is 0 Å². The highest BCUT2D eigenvalue weighted by Crippen LogP contribution is 2.24. The highest BCUT2D eigenvalue weighted by atomic mass is 16.5. The molecule has 6 heteroatoms. The Balaban J connectivity index is 1.43. The Labute approximate surface area is 164 Å². The number of aromatic nitrogens is 2. The first-order chi connectivity index (χ1) is 13.7. The molecular weight excluding hydrogens is 354 g/mol. The second kappa shape index (κ2) is 8.25. The molecule has 0 unspecified atom stereocenters. The zero-order valence-electron chi connectivity index (χ0n) is 15.9. The lowest BCUT2D eigenvalue weighted by Gasteiger charge is -2.32. The first-order valence-electron chi connectivity index (χ1n) is 9.50. The fraction of sp³-hybridized carbons (Fsp3) is 0.318. The summed E-state index contributed by atoms with van der Waals surface area (Å²) in [7, 11) is 1.64. The molecule has 1 aliphatic rings. The van der Waals surface area contributed by atoms with E-state index >= 15 is 0 Å². The topological polar surface area (TPSA) is 64.6 Å². The number of fused-ring (bicyclic) bond motifs is 1. The first-order valence-corrected chi connectivity index (χ1v) is 9.50. The van der Waals surface area contributed by atoms with Crippen molar-refractivity contribution < 1.29 is 14.3 Å². The van der Waals surface area contributed by atoms with Crippen LogP contribution in [0.4, 0.5) is 0 Å². The molecule has 28 heavy (non-hydrogen) atoms. The number of methoxy groups -OCH3 is 1. The van der Waals surface area contributed by atoms with Crippen molar-refractivity contribution in [2.24, 2.45) is 5.92 Å². The number of hydrogen-bond donors (Lipinski definition) is 0. The van der Waals surface area contributed by atoms with Crippen LogP contribution in [0.2, 0.25) is 0 Å². The molecule has 2 aromatic carbocycles. The van der Waals surface area contributed by atoms with Gasteiger partial charge in [-0.25, -0.2) is 0 Å². The summed E-state index contributed by atoms with van der Waals surface area (Å²) in [5.41, 5.74) is 2.01. The number of benzene rings is 2. The first kappa shape index (κ1) is 18.2. The number of ether oxygens (including phenoxy) is 2. The summed E-state index contributed by atoms with van der Waals surface area (Å²) in [5.74, 6) is 1.87. The number of para-hydroxylation sites is 1. The van der Waals surface area contributed by atoms with Crippen LogP contribution < -0.4 is 9.47 Å². The Kier molecular flexibility index (Phi) is 5.37. The lowest BCUT2D eigenvalue weighted by Crippen LogP contribution is -2.41.